The van der Waals surface area contributed by atoms with E-state index in [1.807, 2.05) is 0 Å². The van der Waals surface area contributed by atoms with Crippen molar-refractivity contribution in [2.75, 3.05) is 25.5 Å². The second kappa shape index (κ2) is 7.31. The fraction of sp³-hybridized carbons (Fsp3) is 0.462. The monoisotopic (exact) mass is 288 g/mol. The topological polar surface area (TPSA) is 50.4 Å². The zero-order chi connectivity index (χ0) is 13.0. The van der Waals surface area contributed by atoms with Crippen molar-refractivity contribution in [3.63, 3.8) is 0 Å². The maximum atomic E-state index is 13.2. The minimum atomic E-state index is -0.435. The van der Waals surface area contributed by atoms with E-state index < -0.39 is 5.82 Å². The summed E-state index contributed by atoms with van der Waals surface area (Å²) >= 11 is 0. The third-order valence-electron chi connectivity index (χ3n) is 3.07. The molecule has 19 heavy (non-hydrogen) atoms. The molecule has 0 saturated carbocycles. The van der Waals surface area contributed by atoms with Gasteiger partial charge < -0.3 is 15.4 Å². The zero-order valence-electron chi connectivity index (χ0n) is 10.7. The molecule has 1 aromatic rings. The molecule has 0 spiro atoms. The first-order chi connectivity index (χ1) is 8.69. The van der Waals surface area contributed by atoms with Gasteiger partial charge in [0.05, 0.1) is 7.11 Å². The smallest absolute Gasteiger partial charge is 0.224 e. The lowest BCUT2D eigenvalue weighted by Gasteiger charge is -2.10. The molecule has 106 valence electrons. The van der Waals surface area contributed by atoms with Crippen LogP contribution in [0.5, 0.6) is 5.75 Å². The first-order valence-electron chi connectivity index (χ1n) is 6.03. The SMILES string of the molecule is COc1cc(NC(=O)CC2CCNC2)ccc1F.Cl. The van der Waals surface area contributed by atoms with E-state index in [9.17, 15) is 9.18 Å². The van der Waals surface area contributed by atoms with E-state index in [2.05, 4.69) is 10.6 Å². The number of hydrogen-bond acceptors (Lipinski definition) is 3. The average Bonchev–Trinajstić information content (AvgIpc) is 2.84. The van der Waals surface area contributed by atoms with E-state index in [1.54, 1.807) is 0 Å². The molecule has 0 aliphatic carbocycles. The Kier molecular flexibility index (Phi) is 6.05. The molecular weight excluding hydrogens is 271 g/mol. The van der Waals surface area contributed by atoms with Crippen molar-refractivity contribution in [2.45, 2.75) is 12.8 Å². The largest absolute Gasteiger partial charge is 0.494 e. The fourth-order valence-corrected chi connectivity index (χ4v) is 2.10. The van der Waals surface area contributed by atoms with Crippen molar-refractivity contribution in [1.82, 2.24) is 5.32 Å². The van der Waals surface area contributed by atoms with Gasteiger partial charge in [-0.2, -0.15) is 0 Å². The first kappa shape index (κ1) is 15.7. The first-order valence-corrected chi connectivity index (χ1v) is 6.03. The number of carbonyl (C=O) groups is 1. The molecule has 1 aromatic carbocycles. The summed E-state index contributed by atoms with van der Waals surface area (Å²) in [4.78, 5) is 11.8. The van der Waals surface area contributed by atoms with Crippen LogP contribution < -0.4 is 15.4 Å². The Hall–Kier alpha value is -1.33. The van der Waals surface area contributed by atoms with Gasteiger partial charge in [-0.25, -0.2) is 4.39 Å². The Morgan fingerprint density at radius 3 is 3.00 bits per heavy atom. The van der Waals surface area contributed by atoms with Crippen molar-refractivity contribution in [3.05, 3.63) is 24.0 Å². The van der Waals surface area contributed by atoms with Crippen LogP contribution in [0.25, 0.3) is 0 Å². The third-order valence-corrected chi connectivity index (χ3v) is 3.07. The number of benzene rings is 1. The highest BCUT2D eigenvalue weighted by Gasteiger charge is 2.18. The maximum absolute atomic E-state index is 13.2. The second-order valence-corrected chi connectivity index (χ2v) is 4.46. The van der Waals surface area contributed by atoms with E-state index in [-0.39, 0.29) is 24.1 Å². The zero-order valence-corrected chi connectivity index (χ0v) is 11.6. The molecule has 1 saturated heterocycles. The number of halogens is 2. The summed E-state index contributed by atoms with van der Waals surface area (Å²) in [6.45, 7) is 1.86. The lowest BCUT2D eigenvalue weighted by Crippen LogP contribution is -2.18. The van der Waals surface area contributed by atoms with Crippen LogP contribution in [0.15, 0.2) is 18.2 Å². The molecule has 1 aliphatic heterocycles. The van der Waals surface area contributed by atoms with Crippen molar-refractivity contribution < 1.29 is 13.9 Å². The van der Waals surface area contributed by atoms with Crippen molar-refractivity contribution in [1.29, 1.82) is 0 Å². The summed E-state index contributed by atoms with van der Waals surface area (Å²) in [5.74, 6) is 0.0514. The summed E-state index contributed by atoms with van der Waals surface area (Å²) < 4.78 is 18.1. The van der Waals surface area contributed by atoms with Gasteiger partial charge in [0.2, 0.25) is 5.91 Å². The van der Waals surface area contributed by atoms with E-state index in [0.717, 1.165) is 19.5 Å². The molecule has 1 fully saturated rings. The summed E-state index contributed by atoms with van der Waals surface area (Å²) in [5, 5.41) is 5.98. The summed E-state index contributed by atoms with van der Waals surface area (Å²) in [7, 11) is 1.40. The van der Waals surface area contributed by atoms with E-state index in [1.165, 1.54) is 25.3 Å². The Balaban J connectivity index is 0.00000180. The van der Waals surface area contributed by atoms with Gasteiger partial charge in [0.15, 0.2) is 11.6 Å². The second-order valence-electron chi connectivity index (χ2n) is 4.46. The molecule has 2 N–H and O–H groups in total. The van der Waals surface area contributed by atoms with Crippen LogP contribution in [-0.4, -0.2) is 26.1 Å². The molecule has 2 rings (SSSR count). The quantitative estimate of drug-likeness (QED) is 0.893. The van der Waals surface area contributed by atoms with Crippen molar-refractivity contribution in [3.8, 4) is 5.75 Å². The third kappa shape index (κ3) is 4.36. The standard InChI is InChI=1S/C13H17FN2O2.ClH/c1-18-12-7-10(2-3-11(12)14)16-13(17)6-9-4-5-15-8-9;/h2-3,7,9,15H,4-6,8H2,1H3,(H,16,17);1H. The molecule has 1 heterocycles. The van der Waals surface area contributed by atoms with Crippen molar-refractivity contribution >= 4 is 24.0 Å². The van der Waals surface area contributed by atoms with E-state index in [0.29, 0.717) is 18.0 Å². The van der Waals surface area contributed by atoms with Crippen LogP contribution in [0.3, 0.4) is 0 Å². The number of methoxy groups -OCH3 is 1. The number of nitrogens with one attached hydrogen (secondary N) is 2. The Labute approximate surface area is 118 Å². The molecule has 1 atom stereocenters. The molecule has 0 bridgehead atoms. The van der Waals surface area contributed by atoms with Gasteiger partial charge in [0.25, 0.3) is 0 Å². The lowest BCUT2D eigenvalue weighted by atomic mass is 10.0. The highest BCUT2D eigenvalue weighted by molar-refractivity contribution is 5.91. The number of anilines is 1. The van der Waals surface area contributed by atoms with Gasteiger partial charge in [-0.05, 0) is 37.6 Å². The normalized spacial score (nSPS) is 17.7. The minimum Gasteiger partial charge on any atom is -0.494 e. The molecule has 0 radical (unpaired) electrons. The Bertz CT molecular complexity index is 437. The van der Waals surface area contributed by atoms with Crippen LogP contribution in [0.4, 0.5) is 10.1 Å². The minimum absolute atomic E-state index is 0. The van der Waals surface area contributed by atoms with Crippen LogP contribution >= 0.6 is 12.4 Å². The van der Waals surface area contributed by atoms with Gasteiger partial charge in [-0.15, -0.1) is 12.4 Å². The number of rotatable bonds is 4. The molecule has 6 heteroatoms. The Morgan fingerprint density at radius 1 is 1.58 bits per heavy atom. The van der Waals surface area contributed by atoms with E-state index in [4.69, 9.17) is 4.74 Å². The fourth-order valence-electron chi connectivity index (χ4n) is 2.10. The van der Waals surface area contributed by atoms with E-state index >= 15 is 0 Å². The van der Waals surface area contributed by atoms with Crippen LogP contribution in [0.1, 0.15) is 12.8 Å². The molecular formula is C13H18ClFN2O2. The van der Waals surface area contributed by atoms with Crippen LogP contribution in [-0.2, 0) is 4.79 Å². The lowest BCUT2D eigenvalue weighted by molar-refractivity contribution is -0.116. The predicted molar refractivity (Wildman–Crippen MR) is 74.4 cm³/mol. The summed E-state index contributed by atoms with van der Waals surface area (Å²) in [5.41, 5.74) is 0.559. The predicted octanol–water partition coefficient (Wildman–Crippen LogP) is 2.19. The van der Waals surface area contributed by atoms with Crippen LogP contribution in [0, 0.1) is 11.7 Å². The molecule has 0 aromatic heterocycles. The summed E-state index contributed by atoms with van der Waals surface area (Å²) in [6.07, 6.45) is 1.52. The van der Waals surface area contributed by atoms with Gasteiger partial charge in [0, 0.05) is 18.2 Å². The molecule has 1 aliphatic rings. The van der Waals surface area contributed by atoms with Gasteiger partial charge in [-0.3, -0.25) is 4.79 Å². The Morgan fingerprint density at radius 2 is 2.37 bits per heavy atom. The number of hydrogen-bond donors (Lipinski definition) is 2. The number of carbonyl (C=O) groups excluding carboxylic acids is 1. The van der Waals surface area contributed by atoms with Crippen molar-refractivity contribution in [2.24, 2.45) is 5.92 Å². The highest BCUT2D eigenvalue weighted by Crippen LogP contribution is 2.22. The highest BCUT2D eigenvalue weighted by atomic mass is 35.5. The average molecular weight is 289 g/mol. The molecule has 4 nitrogen and oxygen atoms in total. The van der Waals surface area contributed by atoms with Crippen LogP contribution in [0.2, 0.25) is 0 Å². The number of ether oxygens (including phenoxy) is 1. The summed E-state index contributed by atoms with van der Waals surface area (Å²) in [6, 6.07) is 4.30. The maximum Gasteiger partial charge on any atom is 0.224 e. The number of amides is 1. The van der Waals surface area contributed by atoms with Gasteiger partial charge in [-0.1, -0.05) is 0 Å². The molecule has 1 amide bonds. The van der Waals surface area contributed by atoms with Gasteiger partial charge >= 0.3 is 0 Å². The van der Waals surface area contributed by atoms with Gasteiger partial charge in [0.1, 0.15) is 0 Å². The molecule has 1 unspecified atom stereocenters.